The molecule has 2 aromatic rings. The van der Waals surface area contributed by atoms with Gasteiger partial charge in [0, 0.05) is 24.9 Å². The molecule has 0 aromatic heterocycles. The molecule has 3 rings (SSSR count). The van der Waals surface area contributed by atoms with Crippen LogP contribution in [0.2, 0.25) is 0 Å². The summed E-state index contributed by atoms with van der Waals surface area (Å²) in [6.07, 6.45) is 1.74. The largest absolute Gasteiger partial charge is 0.481 e. The quantitative estimate of drug-likeness (QED) is 0.421. The molecular weight excluding hydrogens is 432 g/mol. The van der Waals surface area contributed by atoms with E-state index in [0.717, 1.165) is 17.5 Å². The van der Waals surface area contributed by atoms with Crippen molar-refractivity contribution in [2.75, 3.05) is 13.2 Å². The third-order valence-electron chi connectivity index (χ3n) is 6.35. The molecule has 34 heavy (non-hydrogen) atoms. The number of alkyl carbamates (subject to hydrolysis) is 1. The van der Waals surface area contributed by atoms with E-state index in [2.05, 4.69) is 34.9 Å². The van der Waals surface area contributed by atoms with Crippen LogP contribution in [-0.4, -0.2) is 42.3 Å². The van der Waals surface area contributed by atoms with Gasteiger partial charge in [0.1, 0.15) is 6.61 Å². The van der Waals surface area contributed by atoms with Crippen molar-refractivity contribution in [3.63, 3.8) is 0 Å². The second-order valence-corrected chi connectivity index (χ2v) is 8.84. The highest BCUT2D eigenvalue weighted by molar-refractivity contribution is 5.79. The van der Waals surface area contributed by atoms with E-state index >= 15 is 0 Å². The Labute approximate surface area is 200 Å². The average Bonchev–Trinajstić information content (AvgIpc) is 3.14. The molecule has 0 radical (unpaired) electrons. The van der Waals surface area contributed by atoms with Gasteiger partial charge in [0.15, 0.2) is 0 Å². The summed E-state index contributed by atoms with van der Waals surface area (Å²) in [5, 5.41) is 14.6. The summed E-state index contributed by atoms with van der Waals surface area (Å²) >= 11 is 0. The van der Waals surface area contributed by atoms with Crippen molar-refractivity contribution in [2.24, 2.45) is 5.92 Å². The van der Waals surface area contributed by atoms with Gasteiger partial charge in [-0.15, -0.1) is 0 Å². The normalized spacial score (nSPS) is 13.9. The van der Waals surface area contributed by atoms with Gasteiger partial charge in [0.2, 0.25) is 5.91 Å². The summed E-state index contributed by atoms with van der Waals surface area (Å²) in [6.45, 7) is 4.47. The topological polar surface area (TPSA) is 105 Å². The molecule has 3 N–H and O–H groups in total. The molecular formula is C27H34N2O5. The lowest BCUT2D eigenvalue weighted by Gasteiger charge is -2.20. The van der Waals surface area contributed by atoms with Crippen molar-refractivity contribution < 1.29 is 24.2 Å². The lowest BCUT2D eigenvalue weighted by atomic mass is 9.98. The highest BCUT2D eigenvalue weighted by Gasteiger charge is 2.29. The van der Waals surface area contributed by atoms with Gasteiger partial charge in [-0.2, -0.15) is 0 Å². The molecule has 2 aromatic carbocycles. The fraction of sp³-hybridized carbons (Fsp3) is 0.444. The molecule has 0 spiro atoms. The third-order valence-corrected chi connectivity index (χ3v) is 6.35. The van der Waals surface area contributed by atoms with E-state index in [1.54, 1.807) is 0 Å². The van der Waals surface area contributed by atoms with E-state index in [9.17, 15) is 14.4 Å². The number of carbonyl (C=O) groups excluding carboxylic acids is 2. The summed E-state index contributed by atoms with van der Waals surface area (Å²) in [6, 6.07) is 16.0. The SMILES string of the molecule is CCCC(CC(=O)O)NC(=O)CC(CC)CNC(=O)OCC1c2ccccc2-c2ccccc21. The Morgan fingerprint density at radius 3 is 2.15 bits per heavy atom. The number of carboxylic acid groups (broad SMARTS) is 1. The number of rotatable bonds is 12. The first kappa shape index (κ1) is 25.3. The number of aliphatic carboxylic acids is 1. The monoisotopic (exact) mass is 466 g/mol. The zero-order valence-electron chi connectivity index (χ0n) is 19.9. The van der Waals surface area contributed by atoms with Gasteiger partial charge >= 0.3 is 12.1 Å². The molecule has 0 fully saturated rings. The van der Waals surface area contributed by atoms with Gasteiger partial charge in [0.25, 0.3) is 0 Å². The van der Waals surface area contributed by atoms with E-state index < -0.39 is 12.1 Å². The molecule has 0 saturated heterocycles. The molecule has 2 unspecified atom stereocenters. The summed E-state index contributed by atoms with van der Waals surface area (Å²) in [5.41, 5.74) is 4.66. The van der Waals surface area contributed by atoms with Crippen LogP contribution >= 0.6 is 0 Å². The lowest BCUT2D eigenvalue weighted by molar-refractivity contribution is -0.137. The van der Waals surface area contributed by atoms with E-state index in [4.69, 9.17) is 9.84 Å². The van der Waals surface area contributed by atoms with Crippen LogP contribution < -0.4 is 10.6 Å². The molecule has 7 nitrogen and oxygen atoms in total. The predicted octanol–water partition coefficient (Wildman–Crippen LogP) is 4.70. The molecule has 0 bridgehead atoms. The summed E-state index contributed by atoms with van der Waals surface area (Å²) in [7, 11) is 0. The molecule has 0 saturated carbocycles. The second kappa shape index (κ2) is 12.2. The van der Waals surface area contributed by atoms with Crippen LogP contribution in [0.25, 0.3) is 11.1 Å². The van der Waals surface area contributed by atoms with E-state index in [-0.39, 0.29) is 43.2 Å². The minimum absolute atomic E-state index is 0.00404. The molecule has 182 valence electrons. The van der Waals surface area contributed by atoms with Crippen molar-refractivity contribution in [3.8, 4) is 11.1 Å². The minimum atomic E-state index is -0.928. The standard InChI is InChI=1S/C27H34N2O5/c1-3-9-19(15-26(31)32)29-25(30)14-18(4-2)16-28-27(33)34-17-24-22-12-7-5-10-20(22)21-11-6-8-13-23(21)24/h5-8,10-13,18-19,24H,3-4,9,14-17H2,1-2H3,(H,28,33)(H,29,30)(H,31,32). The van der Waals surface area contributed by atoms with Gasteiger partial charge < -0.3 is 20.5 Å². The maximum absolute atomic E-state index is 12.4. The second-order valence-electron chi connectivity index (χ2n) is 8.84. The highest BCUT2D eigenvalue weighted by Crippen LogP contribution is 2.44. The Morgan fingerprint density at radius 2 is 1.59 bits per heavy atom. The van der Waals surface area contributed by atoms with Crippen LogP contribution in [0.5, 0.6) is 0 Å². The zero-order valence-corrected chi connectivity index (χ0v) is 19.9. The van der Waals surface area contributed by atoms with Gasteiger partial charge in [-0.05, 0) is 34.6 Å². The van der Waals surface area contributed by atoms with Gasteiger partial charge in [-0.1, -0.05) is 75.2 Å². The number of fused-ring (bicyclic) bond motifs is 3. The van der Waals surface area contributed by atoms with Crippen LogP contribution in [0, 0.1) is 5.92 Å². The van der Waals surface area contributed by atoms with Crippen LogP contribution in [0.4, 0.5) is 4.79 Å². The average molecular weight is 467 g/mol. The van der Waals surface area contributed by atoms with Crippen molar-refractivity contribution >= 4 is 18.0 Å². The smallest absolute Gasteiger partial charge is 0.407 e. The van der Waals surface area contributed by atoms with Gasteiger partial charge in [-0.25, -0.2) is 4.79 Å². The van der Waals surface area contributed by atoms with Crippen LogP contribution in [0.1, 0.15) is 63.0 Å². The van der Waals surface area contributed by atoms with Crippen LogP contribution in [0.3, 0.4) is 0 Å². The number of hydrogen-bond donors (Lipinski definition) is 3. The molecule has 0 aliphatic heterocycles. The Balaban J connectivity index is 1.48. The van der Waals surface area contributed by atoms with E-state index in [0.29, 0.717) is 19.4 Å². The van der Waals surface area contributed by atoms with Crippen molar-refractivity contribution in [2.45, 2.75) is 57.9 Å². The number of benzene rings is 2. The number of carboxylic acids is 1. The summed E-state index contributed by atoms with van der Waals surface area (Å²) in [4.78, 5) is 35.8. The maximum Gasteiger partial charge on any atom is 0.407 e. The van der Waals surface area contributed by atoms with Crippen LogP contribution in [-0.2, 0) is 14.3 Å². The first-order valence-corrected chi connectivity index (χ1v) is 12.0. The molecule has 0 heterocycles. The fourth-order valence-electron chi connectivity index (χ4n) is 4.57. The first-order chi connectivity index (χ1) is 16.4. The van der Waals surface area contributed by atoms with Gasteiger partial charge in [-0.3, -0.25) is 9.59 Å². The minimum Gasteiger partial charge on any atom is -0.481 e. The summed E-state index contributed by atoms with van der Waals surface area (Å²) < 4.78 is 5.56. The molecule has 1 aliphatic carbocycles. The maximum atomic E-state index is 12.4. The third kappa shape index (κ3) is 6.59. The van der Waals surface area contributed by atoms with Crippen molar-refractivity contribution in [1.29, 1.82) is 0 Å². The van der Waals surface area contributed by atoms with Crippen LogP contribution in [0.15, 0.2) is 48.5 Å². The first-order valence-electron chi connectivity index (χ1n) is 12.0. The molecule has 2 amide bonds. The Bertz CT molecular complexity index is 961. The fourth-order valence-corrected chi connectivity index (χ4v) is 4.57. The lowest BCUT2D eigenvalue weighted by Crippen LogP contribution is -2.39. The Kier molecular flexibility index (Phi) is 9.08. The summed E-state index contributed by atoms with van der Waals surface area (Å²) in [5.74, 6) is -1.19. The highest BCUT2D eigenvalue weighted by atomic mass is 16.5. The van der Waals surface area contributed by atoms with E-state index in [1.165, 1.54) is 11.1 Å². The number of carbonyl (C=O) groups is 3. The molecule has 2 atom stereocenters. The Morgan fingerprint density at radius 1 is 0.971 bits per heavy atom. The number of ether oxygens (including phenoxy) is 1. The number of amides is 2. The predicted molar refractivity (Wildman–Crippen MR) is 131 cm³/mol. The van der Waals surface area contributed by atoms with Crippen molar-refractivity contribution in [3.05, 3.63) is 59.7 Å². The van der Waals surface area contributed by atoms with Crippen molar-refractivity contribution in [1.82, 2.24) is 10.6 Å². The number of nitrogens with one attached hydrogen (secondary N) is 2. The van der Waals surface area contributed by atoms with E-state index in [1.807, 2.05) is 38.1 Å². The molecule has 1 aliphatic rings. The number of hydrogen-bond acceptors (Lipinski definition) is 4. The zero-order chi connectivity index (χ0) is 24.5. The Hall–Kier alpha value is -3.35. The molecule has 7 heteroatoms. The van der Waals surface area contributed by atoms with Gasteiger partial charge in [0.05, 0.1) is 6.42 Å².